The van der Waals surface area contributed by atoms with Gasteiger partial charge in [0.2, 0.25) is 5.91 Å². The molecule has 1 saturated carbocycles. The maximum absolute atomic E-state index is 13.1. The summed E-state index contributed by atoms with van der Waals surface area (Å²) in [6.07, 6.45) is 2.22. The second-order valence-corrected chi connectivity index (χ2v) is 7.12. The van der Waals surface area contributed by atoms with Gasteiger partial charge in [-0.05, 0) is 61.7 Å². The Morgan fingerprint density at radius 3 is 2.42 bits per heavy atom. The van der Waals surface area contributed by atoms with Gasteiger partial charge in [-0.3, -0.25) is 9.69 Å². The van der Waals surface area contributed by atoms with Crippen LogP contribution in [0.2, 0.25) is 0 Å². The predicted octanol–water partition coefficient (Wildman–Crippen LogP) is 4.58. The number of anilines is 1. The number of rotatable bonds is 6. The Hall–Kier alpha value is -1.72. The molecule has 0 saturated heterocycles. The van der Waals surface area contributed by atoms with Crippen molar-refractivity contribution in [2.45, 2.75) is 38.4 Å². The molecule has 1 amide bonds. The van der Waals surface area contributed by atoms with E-state index in [1.165, 1.54) is 12.1 Å². The van der Waals surface area contributed by atoms with Gasteiger partial charge in [0.05, 0.1) is 6.04 Å². The van der Waals surface area contributed by atoms with Gasteiger partial charge in [0.25, 0.3) is 0 Å². The largest absolute Gasteiger partial charge is 0.325 e. The Kier molecular flexibility index (Phi) is 5.31. The van der Waals surface area contributed by atoms with E-state index in [4.69, 9.17) is 0 Å². The Balaban J connectivity index is 1.67. The highest BCUT2D eigenvalue weighted by atomic mass is 79.9. The molecule has 0 spiro atoms. The molecule has 1 N–H and O–H groups in total. The molecule has 1 atom stereocenters. The Morgan fingerprint density at radius 1 is 1.21 bits per heavy atom. The van der Waals surface area contributed by atoms with Crippen molar-refractivity contribution in [3.8, 4) is 0 Å². The van der Waals surface area contributed by atoms with Crippen LogP contribution in [0.1, 0.15) is 25.3 Å². The van der Waals surface area contributed by atoms with E-state index in [0.717, 1.165) is 28.6 Å². The zero-order chi connectivity index (χ0) is 17.1. The molecule has 0 heterocycles. The standard InChI is InChI=1S/C19H20BrFN2O/c1-13(19(24)22-17-8-4-15(20)5-9-17)23(18-10-11-18)12-14-2-6-16(21)7-3-14/h2-9,13,18H,10-12H2,1H3,(H,22,24)/t13-/m0/s1. The number of hydrogen-bond donors (Lipinski definition) is 1. The van der Waals surface area contributed by atoms with E-state index in [1.807, 2.05) is 31.2 Å². The first kappa shape index (κ1) is 17.1. The molecule has 5 heteroatoms. The van der Waals surface area contributed by atoms with Crippen molar-refractivity contribution in [3.63, 3.8) is 0 Å². The zero-order valence-corrected chi connectivity index (χ0v) is 15.1. The van der Waals surface area contributed by atoms with E-state index in [0.29, 0.717) is 12.6 Å². The Morgan fingerprint density at radius 2 is 1.83 bits per heavy atom. The van der Waals surface area contributed by atoms with Gasteiger partial charge >= 0.3 is 0 Å². The highest BCUT2D eigenvalue weighted by Gasteiger charge is 2.35. The van der Waals surface area contributed by atoms with E-state index in [9.17, 15) is 9.18 Å². The lowest BCUT2D eigenvalue weighted by Crippen LogP contribution is -2.43. The Bertz CT molecular complexity index is 698. The summed E-state index contributed by atoms with van der Waals surface area (Å²) in [6, 6.07) is 14.2. The quantitative estimate of drug-likeness (QED) is 0.782. The molecule has 1 aliphatic rings. The second kappa shape index (κ2) is 7.45. The van der Waals surface area contributed by atoms with Gasteiger partial charge in [-0.25, -0.2) is 4.39 Å². The summed E-state index contributed by atoms with van der Waals surface area (Å²) in [7, 11) is 0. The highest BCUT2D eigenvalue weighted by molar-refractivity contribution is 9.10. The fourth-order valence-electron chi connectivity index (χ4n) is 2.72. The number of nitrogens with zero attached hydrogens (tertiary/aromatic N) is 1. The van der Waals surface area contributed by atoms with Gasteiger partial charge in [0.15, 0.2) is 0 Å². The smallest absolute Gasteiger partial charge is 0.241 e. The van der Waals surface area contributed by atoms with Crippen molar-refractivity contribution in [1.82, 2.24) is 4.90 Å². The number of benzene rings is 2. The fourth-order valence-corrected chi connectivity index (χ4v) is 2.98. The maximum atomic E-state index is 13.1. The minimum Gasteiger partial charge on any atom is -0.325 e. The van der Waals surface area contributed by atoms with Gasteiger partial charge in [-0.2, -0.15) is 0 Å². The van der Waals surface area contributed by atoms with Crippen LogP contribution in [0.5, 0.6) is 0 Å². The molecule has 1 aliphatic carbocycles. The molecular weight excluding hydrogens is 371 g/mol. The van der Waals surface area contributed by atoms with E-state index in [2.05, 4.69) is 26.1 Å². The summed E-state index contributed by atoms with van der Waals surface area (Å²) in [5.41, 5.74) is 1.80. The molecule has 0 unspecified atom stereocenters. The SMILES string of the molecule is C[C@@H](C(=O)Nc1ccc(Br)cc1)N(Cc1ccc(F)cc1)C1CC1. The zero-order valence-electron chi connectivity index (χ0n) is 13.5. The van der Waals surface area contributed by atoms with Crippen molar-refractivity contribution < 1.29 is 9.18 Å². The van der Waals surface area contributed by atoms with Crippen molar-refractivity contribution in [3.05, 3.63) is 64.4 Å². The highest BCUT2D eigenvalue weighted by Crippen LogP contribution is 2.30. The van der Waals surface area contributed by atoms with Crippen LogP contribution in [-0.2, 0) is 11.3 Å². The third-order valence-electron chi connectivity index (χ3n) is 4.28. The number of carbonyl (C=O) groups excluding carboxylic acids is 1. The van der Waals surface area contributed by atoms with Crippen LogP contribution in [0.3, 0.4) is 0 Å². The average molecular weight is 391 g/mol. The van der Waals surface area contributed by atoms with Gasteiger partial charge in [0.1, 0.15) is 5.82 Å². The van der Waals surface area contributed by atoms with Crippen LogP contribution in [0.25, 0.3) is 0 Å². The molecule has 3 nitrogen and oxygen atoms in total. The molecule has 0 bridgehead atoms. The molecule has 2 aromatic rings. The predicted molar refractivity (Wildman–Crippen MR) is 97.2 cm³/mol. The normalized spacial score (nSPS) is 15.3. The molecule has 3 rings (SSSR count). The first-order chi connectivity index (χ1) is 11.5. The summed E-state index contributed by atoms with van der Waals surface area (Å²) in [5, 5.41) is 2.97. The van der Waals surface area contributed by atoms with Crippen molar-refractivity contribution >= 4 is 27.5 Å². The molecular formula is C19H20BrFN2O. The van der Waals surface area contributed by atoms with Crippen LogP contribution in [-0.4, -0.2) is 22.9 Å². The number of nitrogens with one attached hydrogen (secondary N) is 1. The van der Waals surface area contributed by atoms with Crippen LogP contribution >= 0.6 is 15.9 Å². The molecule has 1 fully saturated rings. The number of hydrogen-bond acceptors (Lipinski definition) is 2. The maximum Gasteiger partial charge on any atom is 0.241 e. The van der Waals surface area contributed by atoms with Crippen molar-refractivity contribution in [1.29, 1.82) is 0 Å². The minimum atomic E-state index is -0.244. The van der Waals surface area contributed by atoms with Crippen LogP contribution in [0, 0.1) is 5.82 Å². The minimum absolute atomic E-state index is 0.0219. The second-order valence-electron chi connectivity index (χ2n) is 6.20. The van der Waals surface area contributed by atoms with E-state index in [1.54, 1.807) is 12.1 Å². The summed E-state index contributed by atoms with van der Waals surface area (Å²) < 4.78 is 14.0. The molecule has 0 radical (unpaired) electrons. The van der Waals surface area contributed by atoms with Crippen LogP contribution < -0.4 is 5.32 Å². The van der Waals surface area contributed by atoms with E-state index >= 15 is 0 Å². The lowest BCUT2D eigenvalue weighted by Gasteiger charge is -2.28. The summed E-state index contributed by atoms with van der Waals surface area (Å²) >= 11 is 3.39. The van der Waals surface area contributed by atoms with Crippen LogP contribution in [0.15, 0.2) is 53.0 Å². The van der Waals surface area contributed by atoms with Gasteiger partial charge in [-0.1, -0.05) is 28.1 Å². The third kappa shape index (κ3) is 4.42. The topological polar surface area (TPSA) is 32.3 Å². The lowest BCUT2D eigenvalue weighted by molar-refractivity contribution is -0.121. The molecule has 0 aromatic heterocycles. The average Bonchev–Trinajstić information content (AvgIpc) is 3.40. The van der Waals surface area contributed by atoms with Gasteiger partial charge in [0, 0.05) is 22.7 Å². The van der Waals surface area contributed by atoms with Gasteiger partial charge in [-0.15, -0.1) is 0 Å². The monoisotopic (exact) mass is 390 g/mol. The fraction of sp³-hybridized carbons (Fsp3) is 0.316. The van der Waals surface area contributed by atoms with Gasteiger partial charge < -0.3 is 5.32 Å². The third-order valence-corrected chi connectivity index (χ3v) is 4.81. The van der Waals surface area contributed by atoms with E-state index < -0.39 is 0 Å². The molecule has 126 valence electrons. The number of amides is 1. The van der Waals surface area contributed by atoms with Crippen molar-refractivity contribution in [2.24, 2.45) is 0 Å². The summed E-state index contributed by atoms with van der Waals surface area (Å²) in [4.78, 5) is 14.8. The summed E-state index contributed by atoms with van der Waals surface area (Å²) in [6.45, 7) is 2.58. The first-order valence-corrected chi connectivity index (χ1v) is 8.89. The lowest BCUT2D eigenvalue weighted by atomic mass is 10.1. The van der Waals surface area contributed by atoms with Crippen molar-refractivity contribution in [2.75, 3.05) is 5.32 Å². The number of halogens is 2. The van der Waals surface area contributed by atoms with Crippen LogP contribution in [0.4, 0.5) is 10.1 Å². The summed E-state index contributed by atoms with van der Waals surface area (Å²) in [5.74, 6) is -0.260. The molecule has 24 heavy (non-hydrogen) atoms. The molecule has 0 aliphatic heterocycles. The first-order valence-electron chi connectivity index (χ1n) is 8.09. The van der Waals surface area contributed by atoms with E-state index in [-0.39, 0.29) is 17.8 Å². The molecule has 2 aromatic carbocycles. The Labute approximate surface area is 150 Å². The number of carbonyl (C=O) groups is 1.